The third-order valence-electron chi connectivity index (χ3n) is 4.72. The number of aliphatic hydroxyl groups excluding tert-OH is 2. The summed E-state index contributed by atoms with van der Waals surface area (Å²) in [7, 11) is 0. The maximum absolute atomic E-state index is 10.9. The molecular weight excluding hydrogens is 410 g/mol. The molecule has 0 saturated heterocycles. The first-order chi connectivity index (χ1) is 14.2. The molecule has 1 fully saturated rings. The van der Waals surface area contributed by atoms with Crippen LogP contribution in [0.25, 0.3) is 0 Å². The second-order valence-corrected chi connectivity index (χ2v) is 7.70. The monoisotopic (exact) mass is 433 g/mol. The van der Waals surface area contributed by atoms with Gasteiger partial charge in [0, 0.05) is 18.7 Å². The number of anilines is 2. The molecule has 2 aromatic rings. The summed E-state index contributed by atoms with van der Waals surface area (Å²) in [4.78, 5) is 12.2. The quantitative estimate of drug-likeness (QED) is 0.266. The summed E-state index contributed by atoms with van der Waals surface area (Å²) >= 11 is 6.24. The van der Waals surface area contributed by atoms with Gasteiger partial charge in [-0.25, -0.2) is 4.98 Å². The predicted octanol–water partition coefficient (Wildman–Crippen LogP) is 1.16. The Labute approximate surface area is 179 Å². The molecule has 0 amide bonds. The summed E-state index contributed by atoms with van der Waals surface area (Å²) in [5.74, 6) is 5.69. The first kappa shape index (κ1) is 22.1. The van der Waals surface area contributed by atoms with Crippen molar-refractivity contribution in [3.05, 3.63) is 34.6 Å². The van der Waals surface area contributed by atoms with Crippen LogP contribution in [-0.2, 0) is 0 Å². The van der Waals surface area contributed by atoms with Crippen LogP contribution >= 0.6 is 11.6 Å². The molecule has 9 nitrogen and oxygen atoms in total. The SMILES string of the molecule is CC(C)Oc1ncccc1C#Cc1c(Cl)nc(N)nc1NC1(O)CCC(CO)C1O. The number of aromatic nitrogens is 3. The Balaban J connectivity index is 1.98. The second kappa shape index (κ2) is 9.02. The largest absolute Gasteiger partial charge is 0.474 e. The molecule has 0 bridgehead atoms. The number of aliphatic hydroxyl groups is 3. The molecule has 160 valence electrons. The third-order valence-corrected chi connectivity index (χ3v) is 5.00. The van der Waals surface area contributed by atoms with E-state index in [1.54, 1.807) is 18.3 Å². The Morgan fingerprint density at radius 1 is 1.40 bits per heavy atom. The highest BCUT2D eigenvalue weighted by Gasteiger charge is 2.47. The van der Waals surface area contributed by atoms with Gasteiger partial charge in [0.1, 0.15) is 11.7 Å². The minimum Gasteiger partial charge on any atom is -0.474 e. The molecule has 1 saturated carbocycles. The molecule has 3 atom stereocenters. The highest BCUT2D eigenvalue weighted by molar-refractivity contribution is 6.31. The predicted molar refractivity (Wildman–Crippen MR) is 112 cm³/mol. The molecule has 2 heterocycles. The molecule has 0 aromatic carbocycles. The number of rotatable bonds is 5. The first-order valence-corrected chi connectivity index (χ1v) is 9.87. The average Bonchev–Trinajstić information content (AvgIpc) is 2.96. The molecule has 3 rings (SSSR count). The Morgan fingerprint density at radius 3 is 2.83 bits per heavy atom. The molecule has 1 aliphatic rings. The molecule has 0 spiro atoms. The van der Waals surface area contributed by atoms with Crippen LogP contribution in [0.1, 0.15) is 37.8 Å². The van der Waals surface area contributed by atoms with E-state index in [9.17, 15) is 15.3 Å². The van der Waals surface area contributed by atoms with E-state index in [0.717, 1.165) is 0 Å². The van der Waals surface area contributed by atoms with Crippen LogP contribution in [0.5, 0.6) is 5.88 Å². The van der Waals surface area contributed by atoms with E-state index >= 15 is 0 Å². The fraction of sp³-hybridized carbons (Fsp3) is 0.450. The third kappa shape index (κ3) is 4.74. The fourth-order valence-corrected chi connectivity index (χ4v) is 3.44. The minimum atomic E-state index is -1.71. The zero-order valence-electron chi connectivity index (χ0n) is 16.6. The van der Waals surface area contributed by atoms with E-state index in [-0.39, 0.29) is 41.6 Å². The topological polar surface area (TPSA) is 147 Å². The summed E-state index contributed by atoms with van der Waals surface area (Å²) in [5, 5.41) is 33.4. The highest BCUT2D eigenvalue weighted by Crippen LogP contribution is 2.36. The summed E-state index contributed by atoms with van der Waals surface area (Å²) in [6, 6.07) is 3.47. The highest BCUT2D eigenvalue weighted by atomic mass is 35.5. The van der Waals surface area contributed by atoms with Gasteiger partial charge >= 0.3 is 0 Å². The summed E-state index contributed by atoms with van der Waals surface area (Å²) in [6.07, 6.45) is 0.940. The van der Waals surface area contributed by atoms with E-state index in [0.29, 0.717) is 17.9 Å². The lowest BCUT2D eigenvalue weighted by Crippen LogP contribution is -2.48. The van der Waals surface area contributed by atoms with Crippen LogP contribution in [-0.4, -0.2) is 54.8 Å². The van der Waals surface area contributed by atoms with Crippen LogP contribution in [0.15, 0.2) is 18.3 Å². The maximum Gasteiger partial charge on any atom is 0.229 e. The zero-order valence-corrected chi connectivity index (χ0v) is 17.4. The summed E-state index contributed by atoms with van der Waals surface area (Å²) in [6.45, 7) is 3.52. The van der Waals surface area contributed by atoms with Crippen molar-refractivity contribution in [3.63, 3.8) is 0 Å². The van der Waals surface area contributed by atoms with Crippen molar-refractivity contribution in [2.45, 2.75) is 44.6 Å². The molecule has 0 radical (unpaired) electrons. The van der Waals surface area contributed by atoms with Crippen LogP contribution in [0, 0.1) is 17.8 Å². The number of halogens is 1. The number of nitrogens with zero attached hydrogens (tertiary/aromatic N) is 3. The maximum atomic E-state index is 10.9. The number of nitrogens with one attached hydrogen (secondary N) is 1. The van der Waals surface area contributed by atoms with Crippen molar-refractivity contribution in [2.75, 3.05) is 17.7 Å². The molecule has 6 N–H and O–H groups in total. The lowest BCUT2D eigenvalue weighted by Gasteiger charge is -2.30. The van der Waals surface area contributed by atoms with Gasteiger partial charge in [0.2, 0.25) is 11.8 Å². The van der Waals surface area contributed by atoms with Gasteiger partial charge in [-0.3, -0.25) is 0 Å². The lowest BCUT2D eigenvalue weighted by atomic mass is 10.0. The van der Waals surface area contributed by atoms with Gasteiger partial charge in [-0.1, -0.05) is 23.4 Å². The van der Waals surface area contributed by atoms with Crippen molar-refractivity contribution in [1.82, 2.24) is 15.0 Å². The number of nitrogen functional groups attached to an aromatic ring is 1. The van der Waals surface area contributed by atoms with Gasteiger partial charge in [0.15, 0.2) is 16.7 Å². The van der Waals surface area contributed by atoms with Crippen molar-refractivity contribution in [1.29, 1.82) is 0 Å². The van der Waals surface area contributed by atoms with Crippen LogP contribution in [0.4, 0.5) is 11.8 Å². The van der Waals surface area contributed by atoms with Gasteiger partial charge in [0.05, 0.1) is 11.7 Å². The van der Waals surface area contributed by atoms with E-state index in [1.165, 1.54) is 0 Å². The molecule has 2 aromatic heterocycles. The molecule has 3 unspecified atom stereocenters. The van der Waals surface area contributed by atoms with E-state index in [4.69, 9.17) is 22.1 Å². The summed E-state index contributed by atoms with van der Waals surface area (Å²) < 4.78 is 5.66. The molecule has 0 aliphatic heterocycles. The van der Waals surface area contributed by atoms with Crippen molar-refractivity contribution in [3.8, 4) is 17.7 Å². The fourth-order valence-electron chi connectivity index (χ4n) is 3.22. The van der Waals surface area contributed by atoms with Gasteiger partial charge in [0.25, 0.3) is 0 Å². The molecule has 10 heteroatoms. The number of ether oxygens (including phenoxy) is 1. The zero-order chi connectivity index (χ0) is 21.9. The van der Waals surface area contributed by atoms with Gasteiger partial charge in [-0.05, 0) is 38.8 Å². The van der Waals surface area contributed by atoms with E-state index in [1.807, 2.05) is 13.8 Å². The van der Waals surface area contributed by atoms with Crippen LogP contribution in [0.3, 0.4) is 0 Å². The number of pyridine rings is 1. The van der Waals surface area contributed by atoms with Crippen molar-refractivity contribution >= 4 is 23.4 Å². The Hall–Kier alpha value is -2.64. The Kier molecular flexibility index (Phi) is 6.63. The molecule has 30 heavy (non-hydrogen) atoms. The average molecular weight is 434 g/mol. The number of hydrogen-bond acceptors (Lipinski definition) is 9. The van der Waals surface area contributed by atoms with Crippen molar-refractivity contribution in [2.24, 2.45) is 5.92 Å². The standard InChI is InChI=1S/C20H24ClN5O4/c1-11(2)30-18-12(4-3-9-23-18)5-6-14-16(21)24-19(22)25-17(14)26-20(29)8-7-13(10-27)15(20)28/h3-4,9,11,13,15,27-29H,7-8,10H2,1-2H3,(H3,22,24,25,26). The number of hydrogen-bond donors (Lipinski definition) is 5. The minimum absolute atomic E-state index is 0.0116. The van der Waals surface area contributed by atoms with Crippen LogP contribution < -0.4 is 15.8 Å². The Bertz CT molecular complexity index is 977. The lowest BCUT2D eigenvalue weighted by molar-refractivity contribution is -0.0545. The van der Waals surface area contributed by atoms with Gasteiger partial charge in [-0.15, -0.1) is 0 Å². The first-order valence-electron chi connectivity index (χ1n) is 9.49. The molecule has 1 aliphatic carbocycles. The molecular formula is C20H24ClN5O4. The van der Waals surface area contributed by atoms with Crippen molar-refractivity contribution < 1.29 is 20.1 Å². The van der Waals surface area contributed by atoms with Gasteiger partial charge < -0.3 is 31.1 Å². The smallest absolute Gasteiger partial charge is 0.229 e. The van der Waals surface area contributed by atoms with E-state index in [2.05, 4.69) is 32.1 Å². The van der Waals surface area contributed by atoms with Crippen LogP contribution in [0.2, 0.25) is 5.15 Å². The van der Waals surface area contributed by atoms with Gasteiger partial charge in [-0.2, -0.15) is 9.97 Å². The normalized spacial score (nSPS) is 23.2. The Morgan fingerprint density at radius 2 is 2.17 bits per heavy atom. The second-order valence-electron chi connectivity index (χ2n) is 7.34. The van der Waals surface area contributed by atoms with E-state index < -0.39 is 17.7 Å². The summed E-state index contributed by atoms with van der Waals surface area (Å²) in [5.41, 5.74) is 4.72. The number of nitrogens with two attached hydrogens (primary N) is 1.